The molecule has 0 bridgehead atoms. The Hall–Kier alpha value is -0.895. The van der Waals surface area contributed by atoms with Gasteiger partial charge in [-0.3, -0.25) is 0 Å². The Labute approximate surface area is 99.8 Å². The van der Waals surface area contributed by atoms with Crippen LogP contribution in [-0.4, -0.2) is 4.98 Å². The summed E-state index contributed by atoms with van der Waals surface area (Å²) in [6.45, 7) is 0. The first-order valence-corrected chi connectivity index (χ1v) is 7.20. The van der Waals surface area contributed by atoms with Crippen molar-refractivity contribution in [2.75, 3.05) is 3.08 Å². The number of pyridine rings is 1. The molecule has 0 spiro atoms. The van der Waals surface area contributed by atoms with Gasteiger partial charge < -0.3 is 0 Å². The first-order chi connectivity index (χ1) is 6.90. The summed E-state index contributed by atoms with van der Waals surface area (Å²) >= 11 is 0.545. The van der Waals surface area contributed by atoms with Crippen LogP contribution in [0.15, 0.2) is 48.5 Å². The molecule has 0 aliphatic carbocycles. The average molecular weight is 370 g/mol. The number of rotatable bonds is 2. The molecule has 2 rings (SSSR count). The Morgan fingerprint density at radius 1 is 0.929 bits per heavy atom. The summed E-state index contributed by atoms with van der Waals surface area (Å²) in [7, 11) is 0. The molecule has 0 aliphatic rings. The van der Waals surface area contributed by atoms with Crippen LogP contribution in [0.3, 0.4) is 0 Å². The molecule has 3 heteroatoms. The molecule has 1 N–H and O–H groups in total. The van der Waals surface area contributed by atoms with Crippen LogP contribution in [0, 0.1) is 0 Å². The van der Waals surface area contributed by atoms with E-state index in [0.29, 0.717) is 26.4 Å². The Balaban J connectivity index is 2.42. The first-order valence-electron chi connectivity index (χ1n) is 4.46. The van der Waals surface area contributed by atoms with Crippen molar-refractivity contribution in [3.05, 3.63) is 48.5 Å². The average Bonchev–Trinajstić information content (AvgIpc) is 2.30. The maximum atomic E-state index is 4.50. The van der Waals surface area contributed by atoms with Crippen LogP contribution >= 0.6 is 0 Å². The van der Waals surface area contributed by atoms with Gasteiger partial charge in [0.1, 0.15) is 0 Å². The van der Waals surface area contributed by atoms with Crippen LogP contribution in [0.4, 0.5) is 5.82 Å². The zero-order chi connectivity index (χ0) is 9.80. The second kappa shape index (κ2) is 4.55. The molecule has 0 aliphatic heterocycles. The van der Waals surface area contributed by atoms with E-state index in [1.807, 2.05) is 36.4 Å². The molecule has 0 saturated heterocycles. The topological polar surface area (TPSA) is 24.9 Å². The van der Waals surface area contributed by atoms with E-state index in [4.69, 9.17) is 0 Å². The van der Waals surface area contributed by atoms with Gasteiger partial charge in [0.25, 0.3) is 0 Å². The molecule has 0 unspecified atom stereocenters. The molecule has 0 saturated carbocycles. The van der Waals surface area contributed by atoms with E-state index in [0.717, 1.165) is 17.1 Å². The quantitative estimate of drug-likeness (QED) is 0.823. The number of hydrogen-bond donors (Lipinski definition) is 1. The van der Waals surface area contributed by atoms with Gasteiger partial charge >= 0.3 is 100 Å². The SMILES string of the molecule is [Hg][NH]c1cccc(-c2ccccc2)n1. The van der Waals surface area contributed by atoms with E-state index in [2.05, 4.69) is 20.2 Å². The molecule has 1 heterocycles. The summed E-state index contributed by atoms with van der Waals surface area (Å²) in [6.07, 6.45) is 0. The summed E-state index contributed by atoms with van der Waals surface area (Å²) in [5.74, 6) is 0.981. The summed E-state index contributed by atoms with van der Waals surface area (Å²) in [5.41, 5.74) is 2.19. The van der Waals surface area contributed by atoms with E-state index in [1.54, 1.807) is 0 Å². The number of aromatic nitrogens is 1. The van der Waals surface area contributed by atoms with Gasteiger partial charge in [-0.25, -0.2) is 0 Å². The molecule has 14 heavy (non-hydrogen) atoms. The Morgan fingerprint density at radius 2 is 1.71 bits per heavy atom. The number of nitrogens with one attached hydrogen (secondary N) is 1. The van der Waals surface area contributed by atoms with Crippen LogP contribution in [0.1, 0.15) is 0 Å². The molecule has 0 fully saturated rings. The third kappa shape index (κ3) is 2.12. The van der Waals surface area contributed by atoms with E-state index in [9.17, 15) is 0 Å². The van der Waals surface area contributed by atoms with Crippen molar-refractivity contribution in [2.24, 2.45) is 0 Å². The van der Waals surface area contributed by atoms with E-state index >= 15 is 0 Å². The Kier molecular flexibility index (Phi) is 3.14. The summed E-state index contributed by atoms with van der Waals surface area (Å²) < 4.78 is 3.22. The minimum atomic E-state index is 0.545. The standard InChI is InChI=1S/C11H9N2.Hg/c12-11-8-4-7-10(13-11)9-5-2-1-3-6-9;/h1-8H,(H-,12,13);/q-1;+1. The molecule has 2 aromatic rings. The fourth-order valence-electron chi connectivity index (χ4n) is 1.30. The van der Waals surface area contributed by atoms with Crippen LogP contribution in [0.5, 0.6) is 0 Å². The summed E-state index contributed by atoms with van der Waals surface area (Å²) in [5, 5.41) is 0. The summed E-state index contributed by atoms with van der Waals surface area (Å²) in [4.78, 5) is 4.50. The number of benzene rings is 1. The van der Waals surface area contributed by atoms with Crippen molar-refractivity contribution < 1.29 is 26.4 Å². The predicted octanol–water partition coefficient (Wildman–Crippen LogP) is 2.62. The molecule has 0 radical (unpaired) electrons. The Morgan fingerprint density at radius 3 is 2.43 bits per heavy atom. The van der Waals surface area contributed by atoms with Crippen molar-refractivity contribution in [2.45, 2.75) is 0 Å². The molecule has 0 atom stereocenters. The normalized spacial score (nSPS) is 9.86. The second-order valence-electron chi connectivity index (χ2n) is 2.95. The minimum absolute atomic E-state index is 0.545. The Bertz CT molecular complexity index is 415. The molecule has 0 amide bonds. The van der Waals surface area contributed by atoms with Gasteiger partial charge in [0.05, 0.1) is 0 Å². The van der Waals surface area contributed by atoms with Crippen LogP contribution < -0.4 is 3.08 Å². The van der Waals surface area contributed by atoms with Gasteiger partial charge in [-0.2, -0.15) is 0 Å². The molecular formula is C11H9HgN2. The first kappa shape index (κ1) is 9.65. The third-order valence-electron chi connectivity index (χ3n) is 2.00. The predicted molar refractivity (Wildman–Crippen MR) is 53.3 cm³/mol. The van der Waals surface area contributed by atoms with Crippen molar-refractivity contribution in [3.63, 3.8) is 0 Å². The third-order valence-corrected chi connectivity index (χ3v) is 3.41. The number of nitrogens with zero attached hydrogens (tertiary/aromatic N) is 1. The molecule has 2 nitrogen and oxygen atoms in total. The van der Waals surface area contributed by atoms with Gasteiger partial charge in [-0.05, 0) is 0 Å². The fraction of sp³-hybridized carbons (Fsp3) is 0. The maximum absolute atomic E-state index is 4.50. The van der Waals surface area contributed by atoms with E-state index < -0.39 is 0 Å². The molecule has 1 aromatic carbocycles. The van der Waals surface area contributed by atoms with E-state index in [-0.39, 0.29) is 0 Å². The zero-order valence-corrected chi connectivity index (χ0v) is 13.3. The number of anilines is 1. The van der Waals surface area contributed by atoms with Crippen LogP contribution in [-0.2, 0) is 26.4 Å². The second-order valence-corrected chi connectivity index (χ2v) is 4.33. The van der Waals surface area contributed by atoms with Gasteiger partial charge in [0.15, 0.2) is 0 Å². The molecule has 1 aromatic heterocycles. The fourth-order valence-corrected chi connectivity index (χ4v) is 2.07. The molecular weight excluding hydrogens is 361 g/mol. The van der Waals surface area contributed by atoms with Crippen molar-refractivity contribution in [1.82, 2.24) is 4.98 Å². The zero-order valence-electron chi connectivity index (χ0n) is 7.77. The van der Waals surface area contributed by atoms with Crippen molar-refractivity contribution in [1.29, 1.82) is 0 Å². The van der Waals surface area contributed by atoms with E-state index in [1.165, 1.54) is 0 Å². The number of hydrogen-bond acceptors (Lipinski definition) is 2. The molecule has 65 valence electrons. The van der Waals surface area contributed by atoms with Gasteiger partial charge in [-0.15, -0.1) is 0 Å². The monoisotopic (exact) mass is 371 g/mol. The van der Waals surface area contributed by atoms with Gasteiger partial charge in [-0.1, -0.05) is 0 Å². The summed E-state index contributed by atoms with van der Waals surface area (Å²) in [6, 6.07) is 16.3. The van der Waals surface area contributed by atoms with Crippen LogP contribution in [0.2, 0.25) is 0 Å². The van der Waals surface area contributed by atoms with Gasteiger partial charge in [0.2, 0.25) is 0 Å². The van der Waals surface area contributed by atoms with Crippen molar-refractivity contribution >= 4 is 5.82 Å². The van der Waals surface area contributed by atoms with Crippen LogP contribution in [0.25, 0.3) is 11.3 Å². The van der Waals surface area contributed by atoms with Crippen molar-refractivity contribution in [3.8, 4) is 11.3 Å². The van der Waals surface area contributed by atoms with Gasteiger partial charge in [0, 0.05) is 0 Å².